The summed E-state index contributed by atoms with van der Waals surface area (Å²) in [6, 6.07) is 0. The molecule has 79 heavy (non-hydrogen) atoms. The van der Waals surface area contributed by atoms with Crippen LogP contribution < -0.4 is 22.6 Å². The summed E-state index contributed by atoms with van der Waals surface area (Å²) in [6.45, 7) is 0.442. The maximum absolute atomic E-state index is 12.2. The van der Waals surface area contributed by atoms with E-state index in [0.29, 0.717) is 5.69 Å². The second-order valence-corrected chi connectivity index (χ2v) is 25.8. The van der Waals surface area contributed by atoms with E-state index < -0.39 is 139 Å². The second-order valence-electron chi connectivity index (χ2n) is 15.5. The smallest absolute Gasteiger partial charge is 0.387 e. The number of aryl methyl sites for hydroxylation is 2. The fourth-order valence-electron chi connectivity index (χ4n) is 6.48. The van der Waals surface area contributed by atoms with Crippen LogP contribution in [-0.4, -0.2) is 173 Å². The molecule has 0 bridgehead atoms. The summed E-state index contributed by atoms with van der Waals surface area (Å²) in [5.41, 5.74) is 17.7. The lowest BCUT2D eigenvalue weighted by Crippen LogP contribution is -2.33. The Morgan fingerprint density at radius 2 is 1.14 bits per heavy atom. The van der Waals surface area contributed by atoms with E-state index in [0.717, 1.165) is 26.5 Å². The first-order chi connectivity index (χ1) is 36.1. The number of nitrogens with one attached hydrogen (secondary N) is 2. The zero-order valence-corrected chi connectivity index (χ0v) is 44.7. The molecular formula is C31H50N16O26P6. The van der Waals surface area contributed by atoms with E-state index in [1.54, 1.807) is 13.8 Å². The van der Waals surface area contributed by atoms with E-state index in [-0.39, 0.29) is 48.2 Å². The number of azide groups is 1. The summed E-state index contributed by atoms with van der Waals surface area (Å²) in [5, 5.41) is 51.5. The zero-order chi connectivity index (χ0) is 58.3. The molecule has 16 N–H and O–H groups in total. The average Bonchev–Trinajstić information content (AvgIpc) is 4.14. The van der Waals surface area contributed by atoms with Crippen molar-refractivity contribution in [2.75, 3.05) is 43.5 Å². The van der Waals surface area contributed by atoms with Gasteiger partial charge in [-0.25, -0.2) is 36.8 Å². The molecule has 0 saturated carbocycles. The summed E-state index contributed by atoms with van der Waals surface area (Å²) >= 11 is 0. The number of hydrogen-bond donors (Lipinski definition) is 14. The number of aromatic nitrogens is 11. The lowest BCUT2D eigenvalue weighted by molar-refractivity contribution is -0.0503. The van der Waals surface area contributed by atoms with Crippen molar-refractivity contribution in [3.05, 3.63) is 55.7 Å². The number of imidazole rings is 2. The van der Waals surface area contributed by atoms with Crippen molar-refractivity contribution in [1.29, 1.82) is 0 Å². The molecule has 0 spiro atoms. The van der Waals surface area contributed by atoms with Gasteiger partial charge in [0.1, 0.15) is 36.6 Å². The normalized spacial score (nSPS) is 25.5. The van der Waals surface area contributed by atoms with Crippen LogP contribution in [0.25, 0.3) is 32.8 Å². The number of rotatable bonds is 22. The highest BCUT2D eigenvalue weighted by atomic mass is 31.3. The highest BCUT2D eigenvalue weighted by molar-refractivity contribution is 7.69. The molecule has 7 rings (SSSR count). The van der Waals surface area contributed by atoms with E-state index >= 15 is 0 Å². The number of aliphatic hydroxyl groups is 4. The molecule has 48 heteroatoms. The quantitative estimate of drug-likeness (QED) is 0.0126. The van der Waals surface area contributed by atoms with Gasteiger partial charge in [0, 0.05) is 17.7 Å². The van der Waals surface area contributed by atoms with Crippen molar-refractivity contribution in [2.45, 2.75) is 76.9 Å². The van der Waals surface area contributed by atoms with Crippen molar-refractivity contribution in [2.24, 2.45) is 5.11 Å². The molecule has 2 aliphatic heterocycles. The fraction of sp³-hybridized carbons (Fsp3) is 0.548. The van der Waals surface area contributed by atoms with E-state index in [4.69, 9.17) is 26.5 Å². The Hall–Kier alpha value is -5.03. The average molecular weight is 1250 g/mol. The molecule has 2 aliphatic rings. The number of terminal acetylenes is 1. The van der Waals surface area contributed by atoms with Crippen molar-refractivity contribution in [3.8, 4) is 12.3 Å². The highest BCUT2D eigenvalue weighted by Crippen LogP contribution is 2.68. The number of H-pyrrole nitrogens is 2. The van der Waals surface area contributed by atoms with Crippen molar-refractivity contribution < 1.29 is 113 Å². The predicted molar refractivity (Wildman–Crippen MR) is 262 cm³/mol. The molecule has 440 valence electrons. The van der Waals surface area contributed by atoms with Crippen LogP contribution in [0.2, 0.25) is 0 Å². The summed E-state index contributed by atoms with van der Waals surface area (Å²) < 4.78 is 112. The molecule has 2 fully saturated rings. The van der Waals surface area contributed by atoms with Crippen molar-refractivity contribution >= 4 is 80.7 Å². The first-order valence-electron chi connectivity index (χ1n) is 20.9. The first-order valence-corrected chi connectivity index (χ1v) is 30.4. The Morgan fingerprint density at radius 1 is 0.734 bits per heavy atom. The molecule has 14 atom stereocenters. The Morgan fingerprint density at radius 3 is 1.52 bits per heavy atom. The van der Waals surface area contributed by atoms with Gasteiger partial charge in [0.25, 0.3) is 11.1 Å². The van der Waals surface area contributed by atoms with Gasteiger partial charge in [0.2, 0.25) is 11.9 Å². The van der Waals surface area contributed by atoms with Gasteiger partial charge in [-0.3, -0.25) is 51.6 Å². The maximum atomic E-state index is 12.2. The second kappa shape index (κ2) is 26.7. The van der Waals surface area contributed by atoms with Crippen LogP contribution in [0.1, 0.15) is 32.5 Å². The van der Waals surface area contributed by atoms with E-state index in [1.165, 1.54) is 6.20 Å². The Balaban J connectivity index is 0.000000321. The summed E-state index contributed by atoms with van der Waals surface area (Å²) in [6.07, 6.45) is -6.21. The maximum Gasteiger partial charge on any atom is 0.488 e. The van der Waals surface area contributed by atoms with Crippen LogP contribution in [0.4, 0.5) is 11.9 Å². The number of fused-ring (bicyclic) bond motifs is 2. The van der Waals surface area contributed by atoms with Gasteiger partial charge >= 0.3 is 46.5 Å². The number of aliphatic hydroxyl groups excluding tert-OH is 4. The minimum atomic E-state index is -5.67. The van der Waals surface area contributed by atoms with Gasteiger partial charge in [0.15, 0.2) is 34.8 Å². The Bertz CT molecular complexity index is 3470. The number of aromatic amines is 2. The molecule has 0 aromatic carbocycles. The monoisotopic (exact) mass is 1250 g/mol. The summed E-state index contributed by atoms with van der Waals surface area (Å²) in [7, 11) is -32.0. The third kappa shape index (κ3) is 18.2. The van der Waals surface area contributed by atoms with Crippen LogP contribution in [-0.2, 0) is 69.7 Å². The van der Waals surface area contributed by atoms with E-state index in [9.17, 15) is 86.8 Å². The molecule has 7 heterocycles. The third-order valence-electron chi connectivity index (χ3n) is 9.61. The summed E-state index contributed by atoms with van der Waals surface area (Å²) in [5.74, 6) is 1.71. The van der Waals surface area contributed by atoms with Gasteiger partial charge in [-0.05, 0) is 19.4 Å². The van der Waals surface area contributed by atoms with E-state index in [2.05, 4.69) is 88.9 Å². The van der Waals surface area contributed by atoms with Gasteiger partial charge in [-0.1, -0.05) is 17.8 Å². The van der Waals surface area contributed by atoms with Crippen molar-refractivity contribution in [1.82, 2.24) is 54.0 Å². The largest absolute Gasteiger partial charge is 0.488 e. The molecule has 42 nitrogen and oxygen atoms in total. The molecule has 0 amide bonds. The number of ether oxygens (including phenoxy) is 2. The predicted octanol–water partition coefficient (Wildman–Crippen LogP) is -1.30. The molecule has 0 aliphatic carbocycles. The Labute approximate surface area is 440 Å². The lowest BCUT2D eigenvalue weighted by Gasteiger charge is -2.20. The number of nitrogens with zero attached hydrogens (tertiary/aromatic N) is 12. The number of phosphoric ester groups is 2. The Kier molecular flexibility index (Phi) is 22.5. The fourth-order valence-corrected chi connectivity index (χ4v) is 14.4. The number of anilines is 2. The first kappa shape index (κ1) is 66.5. The number of hydrogen-bond acceptors (Lipinski definition) is 29. The molecule has 2 saturated heterocycles. The summed E-state index contributed by atoms with van der Waals surface area (Å²) in [4.78, 5) is 104. The zero-order valence-electron chi connectivity index (χ0n) is 39.4. The number of phosphoric acid groups is 4. The molecule has 5 aromatic rings. The van der Waals surface area contributed by atoms with Crippen LogP contribution >= 0.6 is 46.5 Å². The van der Waals surface area contributed by atoms with Crippen LogP contribution in [0.15, 0.2) is 33.6 Å². The van der Waals surface area contributed by atoms with Crippen LogP contribution in [0.5, 0.6) is 0 Å². The minimum absolute atomic E-state index is 0. The molecule has 5 aromatic heterocycles. The van der Waals surface area contributed by atoms with E-state index in [1.807, 2.05) is 0 Å². The van der Waals surface area contributed by atoms with Gasteiger partial charge < -0.3 is 70.7 Å². The van der Waals surface area contributed by atoms with Crippen LogP contribution in [0, 0.1) is 19.3 Å². The highest BCUT2D eigenvalue weighted by Gasteiger charge is 2.49. The standard InChI is InChI=1S/C15H23N8O13P3.C12H19N8O13P3.C3H4.CH4/c1-7-4-22(21-20-7)2-3-37(27,28)35-39(31,32)36-38(29,30)33-5-8-10(24)11(25)14(34-8)23-6-17-9-12(23)18-15(16)19-13(9)26;13-12-17-9-6(10(23)18-12)15-4-20(9)11-8(22)7(21)5(31-11)3-30-35(26,27)33-36(28,29)32-34(24,25)2-1-16-19-14;1-3-2;/h4,6,8,10-11,14,24-25H,2-3,5H2,1H3,(H,27,28)(H,29,30)(H,31,32)(H3,16,18,19,26);4-5,7-8,11,21-22H,1-3H2,(H,24,25)(H,26,27)(H,28,29)(H3,13,17,18,23);1H,2H3;1H4. The van der Waals surface area contributed by atoms with Gasteiger partial charge in [0.05, 0.1) is 50.4 Å². The number of nitrogen functional groups attached to an aromatic ring is 2. The lowest BCUT2D eigenvalue weighted by atomic mass is 10.1. The van der Waals surface area contributed by atoms with Gasteiger partial charge in [-0.15, -0.1) is 17.4 Å². The third-order valence-corrected chi connectivity index (χ3v) is 19.1. The van der Waals surface area contributed by atoms with Crippen molar-refractivity contribution in [3.63, 3.8) is 0 Å². The molecule has 14 unspecified atom stereocenters. The minimum Gasteiger partial charge on any atom is -0.387 e. The molecule has 0 radical (unpaired) electrons. The SMILES string of the molecule is C.C#CC.Cc1cn(CCP(=O)(O)OP(=O)(O)OP(=O)(O)OCC2OC(n3cnc4c(=O)[nH]c(N)nc43)C(O)C2O)nn1.[N-]=[N+]=NCCP(=O)(O)OP(=O)(O)OP(=O)(O)OCC1OC(n2cnc3c(=O)[nH]c(N)nc32)C(O)C1O. The molecular weight excluding hydrogens is 1200 g/mol. The van der Waals surface area contributed by atoms with Crippen LogP contribution in [0.3, 0.4) is 0 Å². The topological polar surface area (TPSA) is 637 Å². The number of nitrogens with two attached hydrogens (primary N) is 2. The van der Waals surface area contributed by atoms with Gasteiger partial charge in [-0.2, -0.15) is 18.6 Å².